The molecule has 0 saturated carbocycles. The number of H-pyrrole nitrogens is 1. The van der Waals surface area contributed by atoms with Crippen LogP contribution < -0.4 is 5.32 Å². The van der Waals surface area contributed by atoms with Crippen LogP contribution in [0.4, 0.5) is 0 Å². The van der Waals surface area contributed by atoms with E-state index in [9.17, 15) is 9.59 Å². The molecule has 1 aromatic heterocycles. The zero-order valence-corrected chi connectivity index (χ0v) is 15.5. The van der Waals surface area contributed by atoms with E-state index in [0.717, 1.165) is 48.2 Å². The van der Waals surface area contributed by atoms with Crippen molar-refractivity contribution in [3.05, 3.63) is 65.5 Å². The molecule has 28 heavy (non-hydrogen) atoms. The third-order valence-electron chi connectivity index (χ3n) is 5.81. The molecule has 0 unspecified atom stereocenters. The van der Waals surface area contributed by atoms with Gasteiger partial charge in [0.15, 0.2) is 0 Å². The van der Waals surface area contributed by atoms with Crippen molar-refractivity contribution in [1.82, 2.24) is 20.2 Å². The maximum absolute atomic E-state index is 13.2. The minimum atomic E-state index is -0.255. The summed E-state index contributed by atoms with van der Waals surface area (Å²) >= 11 is 0. The molecule has 1 saturated heterocycles. The number of hydrogen-bond acceptors (Lipinski definition) is 3. The number of piperidine rings is 1. The summed E-state index contributed by atoms with van der Waals surface area (Å²) in [6.07, 6.45) is 3.25. The monoisotopic (exact) mass is 374 g/mol. The average Bonchev–Trinajstić information content (AvgIpc) is 3.30. The molecule has 2 atom stereocenters. The lowest BCUT2D eigenvalue weighted by molar-refractivity contribution is -0.135. The van der Waals surface area contributed by atoms with Gasteiger partial charge < -0.3 is 15.2 Å². The molecule has 0 aliphatic carbocycles. The molecule has 2 aliphatic rings. The smallest absolute Gasteiger partial charge is 0.252 e. The number of aromatic amines is 1. The molecule has 2 aromatic carbocycles. The van der Waals surface area contributed by atoms with Crippen molar-refractivity contribution in [3.8, 4) is 0 Å². The SMILES string of the molecule is O=C1N[C@H](CC(=O)N2CCCC[C@@H]2c2nc3ccccc3[nH]2)c2ccccc21. The predicted molar refractivity (Wildman–Crippen MR) is 106 cm³/mol. The van der Waals surface area contributed by atoms with Crippen LogP contribution in [0.3, 0.4) is 0 Å². The van der Waals surface area contributed by atoms with Crippen LogP contribution in [-0.2, 0) is 4.79 Å². The van der Waals surface area contributed by atoms with Crippen molar-refractivity contribution >= 4 is 22.8 Å². The Morgan fingerprint density at radius 3 is 2.82 bits per heavy atom. The molecule has 2 N–H and O–H groups in total. The van der Waals surface area contributed by atoms with Gasteiger partial charge in [-0.2, -0.15) is 0 Å². The maximum atomic E-state index is 13.2. The number of nitrogens with one attached hydrogen (secondary N) is 2. The number of rotatable bonds is 3. The van der Waals surface area contributed by atoms with Crippen LogP contribution in [0, 0.1) is 0 Å². The molecule has 0 bridgehead atoms. The third-order valence-corrected chi connectivity index (χ3v) is 5.81. The van der Waals surface area contributed by atoms with Crippen molar-refractivity contribution in [1.29, 1.82) is 0 Å². The largest absolute Gasteiger partial charge is 0.345 e. The lowest BCUT2D eigenvalue weighted by Gasteiger charge is -2.35. The highest BCUT2D eigenvalue weighted by atomic mass is 16.2. The minimum absolute atomic E-state index is 0.0407. The van der Waals surface area contributed by atoms with E-state index in [4.69, 9.17) is 4.98 Å². The first-order valence-electron chi connectivity index (χ1n) is 9.84. The van der Waals surface area contributed by atoms with E-state index in [1.54, 1.807) is 0 Å². The van der Waals surface area contributed by atoms with Crippen LogP contribution in [-0.4, -0.2) is 33.2 Å². The van der Waals surface area contributed by atoms with Crippen LogP contribution in [0.2, 0.25) is 0 Å². The number of para-hydroxylation sites is 2. The Morgan fingerprint density at radius 2 is 1.93 bits per heavy atom. The predicted octanol–water partition coefficient (Wildman–Crippen LogP) is 3.49. The quantitative estimate of drug-likeness (QED) is 0.737. The van der Waals surface area contributed by atoms with Crippen LogP contribution >= 0.6 is 0 Å². The fourth-order valence-corrected chi connectivity index (χ4v) is 4.42. The summed E-state index contributed by atoms with van der Waals surface area (Å²) in [6, 6.07) is 15.1. The number of aromatic nitrogens is 2. The van der Waals surface area contributed by atoms with Crippen LogP contribution in [0.1, 0.15) is 59.5 Å². The first kappa shape index (κ1) is 17.0. The second kappa shape index (κ2) is 6.78. The van der Waals surface area contributed by atoms with Gasteiger partial charge in [-0.05, 0) is 43.0 Å². The molecule has 2 amide bonds. The second-order valence-corrected chi connectivity index (χ2v) is 7.56. The summed E-state index contributed by atoms with van der Waals surface area (Å²) in [5.74, 6) is 0.818. The molecule has 6 heteroatoms. The Balaban J connectivity index is 1.39. The molecule has 3 aromatic rings. The number of nitrogens with zero attached hydrogens (tertiary/aromatic N) is 2. The van der Waals surface area contributed by atoms with Crippen molar-refractivity contribution < 1.29 is 9.59 Å². The fraction of sp³-hybridized carbons (Fsp3) is 0.318. The molecule has 0 spiro atoms. The third kappa shape index (κ3) is 2.85. The number of imidazole rings is 1. The maximum Gasteiger partial charge on any atom is 0.252 e. The minimum Gasteiger partial charge on any atom is -0.345 e. The van der Waals surface area contributed by atoms with E-state index in [0.29, 0.717) is 5.56 Å². The average molecular weight is 374 g/mol. The number of fused-ring (bicyclic) bond motifs is 2. The van der Waals surface area contributed by atoms with Gasteiger partial charge >= 0.3 is 0 Å². The molecule has 1 fully saturated rings. The molecular weight excluding hydrogens is 352 g/mol. The number of likely N-dealkylation sites (tertiary alicyclic amines) is 1. The highest BCUT2D eigenvalue weighted by Crippen LogP contribution is 2.34. The van der Waals surface area contributed by atoms with Gasteiger partial charge in [0, 0.05) is 12.1 Å². The lowest BCUT2D eigenvalue weighted by Crippen LogP contribution is -2.40. The van der Waals surface area contributed by atoms with Crippen LogP contribution in [0.15, 0.2) is 48.5 Å². The standard InChI is InChI=1S/C22H22N4O2/c27-20(13-18-14-7-1-2-8-15(14)22(28)25-18)26-12-6-5-11-19(26)21-23-16-9-3-4-10-17(16)24-21/h1-4,7-10,18-19H,5-6,11-13H2,(H,23,24)(H,25,28)/t18-,19-/m1/s1. The van der Waals surface area contributed by atoms with E-state index in [1.807, 2.05) is 53.4 Å². The van der Waals surface area contributed by atoms with E-state index in [-0.39, 0.29) is 30.3 Å². The van der Waals surface area contributed by atoms with Gasteiger partial charge in [-0.1, -0.05) is 30.3 Å². The molecular formula is C22H22N4O2. The van der Waals surface area contributed by atoms with Gasteiger partial charge in [0.25, 0.3) is 5.91 Å². The summed E-state index contributed by atoms with van der Waals surface area (Å²) in [5, 5.41) is 2.96. The zero-order valence-electron chi connectivity index (χ0n) is 15.5. The van der Waals surface area contributed by atoms with Gasteiger partial charge in [-0.3, -0.25) is 9.59 Å². The van der Waals surface area contributed by atoms with Gasteiger partial charge in [0.2, 0.25) is 5.91 Å². The van der Waals surface area contributed by atoms with Gasteiger partial charge in [-0.25, -0.2) is 4.98 Å². The van der Waals surface area contributed by atoms with Gasteiger partial charge in [0.1, 0.15) is 5.82 Å². The van der Waals surface area contributed by atoms with Crippen molar-refractivity contribution in [2.75, 3.05) is 6.54 Å². The summed E-state index contributed by atoms with van der Waals surface area (Å²) in [7, 11) is 0. The van der Waals surface area contributed by atoms with Crippen molar-refractivity contribution in [2.45, 2.75) is 37.8 Å². The number of carbonyl (C=O) groups excluding carboxylic acids is 2. The zero-order chi connectivity index (χ0) is 19.1. The molecule has 0 radical (unpaired) electrons. The van der Waals surface area contributed by atoms with E-state index in [1.165, 1.54) is 0 Å². The lowest BCUT2D eigenvalue weighted by atomic mass is 9.98. The molecule has 142 valence electrons. The van der Waals surface area contributed by atoms with Crippen LogP contribution in [0.25, 0.3) is 11.0 Å². The summed E-state index contributed by atoms with van der Waals surface area (Å²) in [6.45, 7) is 0.725. The fourth-order valence-electron chi connectivity index (χ4n) is 4.42. The number of amides is 2. The molecule has 5 rings (SSSR count). The van der Waals surface area contributed by atoms with E-state index >= 15 is 0 Å². The highest BCUT2D eigenvalue weighted by Gasteiger charge is 2.35. The Kier molecular flexibility index (Phi) is 4.11. The van der Waals surface area contributed by atoms with Gasteiger partial charge in [-0.15, -0.1) is 0 Å². The van der Waals surface area contributed by atoms with E-state index in [2.05, 4.69) is 10.3 Å². The first-order chi connectivity index (χ1) is 13.7. The first-order valence-corrected chi connectivity index (χ1v) is 9.84. The van der Waals surface area contributed by atoms with Crippen LogP contribution in [0.5, 0.6) is 0 Å². The normalized spacial score (nSPS) is 21.6. The van der Waals surface area contributed by atoms with Crippen molar-refractivity contribution in [3.63, 3.8) is 0 Å². The Hall–Kier alpha value is -3.15. The molecule has 2 aliphatic heterocycles. The second-order valence-electron chi connectivity index (χ2n) is 7.56. The Labute approximate surface area is 163 Å². The Bertz CT molecular complexity index is 1020. The number of benzene rings is 2. The van der Waals surface area contributed by atoms with Gasteiger partial charge in [0.05, 0.1) is 29.5 Å². The summed E-state index contributed by atoms with van der Waals surface area (Å²) < 4.78 is 0. The van der Waals surface area contributed by atoms with Crippen molar-refractivity contribution in [2.24, 2.45) is 0 Å². The molecule has 6 nitrogen and oxygen atoms in total. The number of carbonyl (C=O) groups is 2. The molecule has 3 heterocycles. The summed E-state index contributed by atoms with van der Waals surface area (Å²) in [4.78, 5) is 35.4. The topological polar surface area (TPSA) is 78.1 Å². The number of hydrogen-bond donors (Lipinski definition) is 2. The summed E-state index contributed by atoms with van der Waals surface area (Å²) in [5.41, 5.74) is 3.51. The Morgan fingerprint density at radius 1 is 1.11 bits per heavy atom. The highest BCUT2D eigenvalue weighted by molar-refractivity contribution is 5.99. The van der Waals surface area contributed by atoms with E-state index < -0.39 is 0 Å².